The standard InChI is InChI=1S/C16H25FN2O/c1-3-18-13(2)15-7-6-14(17)12-16(15)20-11-10-19-8-4-5-9-19/h6-7,12-13,18H,3-5,8-11H2,1-2H3. The maximum absolute atomic E-state index is 13.4. The molecule has 1 aromatic rings. The van der Waals surface area contributed by atoms with Crippen LogP contribution in [-0.2, 0) is 0 Å². The predicted molar refractivity (Wildman–Crippen MR) is 79.7 cm³/mol. The number of halogens is 1. The number of rotatable bonds is 7. The van der Waals surface area contributed by atoms with E-state index in [1.807, 2.05) is 6.07 Å². The van der Waals surface area contributed by atoms with Crippen molar-refractivity contribution in [1.82, 2.24) is 10.2 Å². The second kappa shape index (κ2) is 7.60. The maximum Gasteiger partial charge on any atom is 0.127 e. The predicted octanol–water partition coefficient (Wildman–Crippen LogP) is 2.97. The second-order valence-electron chi connectivity index (χ2n) is 5.36. The lowest BCUT2D eigenvalue weighted by molar-refractivity contribution is 0.234. The fourth-order valence-corrected chi connectivity index (χ4v) is 2.70. The summed E-state index contributed by atoms with van der Waals surface area (Å²) in [6, 6.07) is 4.97. The van der Waals surface area contributed by atoms with Crippen molar-refractivity contribution in [3.63, 3.8) is 0 Å². The number of likely N-dealkylation sites (tertiary alicyclic amines) is 1. The molecule has 0 saturated carbocycles. The molecule has 1 fully saturated rings. The first-order valence-corrected chi connectivity index (χ1v) is 7.58. The Morgan fingerprint density at radius 3 is 2.80 bits per heavy atom. The van der Waals surface area contributed by atoms with Gasteiger partial charge in [0.2, 0.25) is 0 Å². The summed E-state index contributed by atoms with van der Waals surface area (Å²) in [5.74, 6) is 0.422. The Morgan fingerprint density at radius 1 is 1.35 bits per heavy atom. The topological polar surface area (TPSA) is 24.5 Å². The second-order valence-corrected chi connectivity index (χ2v) is 5.36. The molecule has 112 valence electrons. The molecule has 0 spiro atoms. The smallest absolute Gasteiger partial charge is 0.127 e. The zero-order valence-corrected chi connectivity index (χ0v) is 12.5. The van der Waals surface area contributed by atoms with E-state index in [1.54, 1.807) is 0 Å². The van der Waals surface area contributed by atoms with Crippen molar-refractivity contribution in [2.75, 3.05) is 32.8 Å². The van der Waals surface area contributed by atoms with E-state index in [1.165, 1.54) is 25.0 Å². The van der Waals surface area contributed by atoms with Crippen LogP contribution in [0.15, 0.2) is 18.2 Å². The molecule has 4 heteroatoms. The molecule has 0 aromatic heterocycles. The van der Waals surface area contributed by atoms with Crippen LogP contribution >= 0.6 is 0 Å². The molecule has 20 heavy (non-hydrogen) atoms. The van der Waals surface area contributed by atoms with E-state index in [9.17, 15) is 4.39 Å². The van der Waals surface area contributed by atoms with E-state index in [-0.39, 0.29) is 11.9 Å². The van der Waals surface area contributed by atoms with Gasteiger partial charge in [-0.15, -0.1) is 0 Å². The minimum absolute atomic E-state index is 0.169. The Balaban J connectivity index is 1.95. The average molecular weight is 280 g/mol. The fourth-order valence-electron chi connectivity index (χ4n) is 2.70. The highest BCUT2D eigenvalue weighted by Crippen LogP contribution is 2.26. The Morgan fingerprint density at radius 2 is 2.10 bits per heavy atom. The molecule has 2 rings (SSSR count). The van der Waals surface area contributed by atoms with Gasteiger partial charge >= 0.3 is 0 Å². The molecular weight excluding hydrogens is 255 g/mol. The first kappa shape index (κ1) is 15.3. The summed E-state index contributed by atoms with van der Waals surface area (Å²) >= 11 is 0. The molecule has 3 nitrogen and oxygen atoms in total. The Hall–Kier alpha value is -1.13. The van der Waals surface area contributed by atoms with Crippen LogP contribution in [0.25, 0.3) is 0 Å². The van der Waals surface area contributed by atoms with E-state index in [0.29, 0.717) is 12.4 Å². The first-order valence-electron chi connectivity index (χ1n) is 7.58. The Kier molecular flexibility index (Phi) is 5.80. The van der Waals surface area contributed by atoms with Crippen molar-refractivity contribution < 1.29 is 9.13 Å². The van der Waals surface area contributed by atoms with E-state index in [2.05, 4.69) is 24.1 Å². The molecule has 0 amide bonds. The number of hydrogen-bond acceptors (Lipinski definition) is 3. The number of hydrogen-bond donors (Lipinski definition) is 1. The third kappa shape index (κ3) is 4.18. The zero-order valence-electron chi connectivity index (χ0n) is 12.5. The van der Waals surface area contributed by atoms with Gasteiger partial charge in [-0.2, -0.15) is 0 Å². The molecule has 0 radical (unpaired) electrons. The van der Waals surface area contributed by atoms with Gasteiger partial charge in [0.05, 0.1) is 0 Å². The molecule has 1 saturated heterocycles. The molecule has 1 aliphatic rings. The van der Waals surface area contributed by atoms with Crippen LogP contribution in [0.1, 0.15) is 38.3 Å². The lowest BCUT2D eigenvalue weighted by Gasteiger charge is -2.19. The van der Waals surface area contributed by atoms with Crippen LogP contribution in [0, 0.1) is 5.82 Å². The van der Waals surface area contributed by atoms with Crippen molar-refractivity contribution in [1.29, 1.82) is 0 Å². The molecular formula is C16H25FN2O. The quantitative estimate of drug-likeness (QED) is 0.831. The van der Waals surface area contributed by atoms with Crippen molar-refractivity contribution in [3.05, 3.63) is 29.6 Å². The summed E-state index contributed by atoms with van der Waals surface area (Å²) in [5.41, 5.74) is 1.02. The van der Waals surface area contributed by atoms with Gasteiger partial charge in [0.25, 0.3) is 0 Å². The third-order valence-corrected chi connectivity index (χ3v) is 3.82. The minimum atomic E-state index is -0.242. The number of nitrogens with one attached hydrogen (secondary N) is 1. The summed E-state index contributed by atoms with van der Waals surface area (Å²) < 4.78 is 19.2. The van der Waals surface area contributed by atoms with Crippen molar-refractivity contribution >= 4 is 0 Å². The molecule has 1 N–H and O–H groups in total. The Bertz CT molecular complexity index is 419. The summed E-state index contributed by atoms with van der Waals surface area (Å²) in [4.78, 5) is 2.40. The maximum atomic E-state index is 13.4. The van der Waals surface area contributed by atoms with Gasteiger partial charge in [-0.05, 0) is 45.5 Å². The van der Waals surface area contributed by atoms with Gasteiger partial charge in [0.1, 0.15) is 18.2 Å². The molecule has 1 heterocycles. The van der Waals surface area contributed by atoms with Crippen LogP contribution in [-0.4, -0.2) is 37.7 Å². The summed E-state index contributed by atoms with van der Waals surface area (Å²) in [6.45, 7) is 8.88. The van der Waals surface area contributed by atoms with Crippen molar-refractivity contribution in [3.8, 4) is 5.75 Å². The number of ether oxygens (including phenoxy) is 1. The fraction of sp³-hybridized carbons (Fsp3) is 0.625. The largest absolute Gasteiger partial charge is 0.492 e. The van der Waals surface area contributed by atoms with E-state index >= 15 is 0 Å². The van der Waals surface area contributed by atoms with Crippen LogP contribution in [0.2, 0.25) is 0 Å². The van der Waals surface area contributed by atoms with Gasteiger partial charge in [-0.1, -0.05) is 13.0 Å². The Labute approximate surface area is 121 Å². The van der Waals surface area contributed by atoms with Gasteiger partial charge in [0.15, 0.2) is 0 Å². The van der Waals surface area contributed by atoms with E-state index in [4.69, 9.17) is 4.74 Å². The van der Waals surface area contributed by atoms with Gasteiger partial charge in [-0.3, -0.25) is 4.90 Å². The van der Waals surface area contributed by atoms with E-state index < -0.39 is 0 Å². The van der Waals surface area contributed by atoms with Crippen LogP contribution < -0.4 is 10.1 Å². The normalized spacial score (nSPS) is 17.4. The zero-order chi connectivity index (χ0) is 14.4. The molecule has 0 aliphatic carbocycles. The first-order chi connectivity index (χ1) is 9.70. The highest BCUT2D eigenvalue weighted by molar-refractivity contribution is 5.36. The highest BCUT2D eigenvalue weighted by Gasteiger charge is 2.14. The van der Waals surface area contributed by atoms with E-state index in [0.717, 1.165) is 31.7 Å². The monoisotopic (exact) mass is 280 g/mol. The summed E-state index contributed by atoms with van der Waals surface area (Å²) in [5, 5.41) is 3.34. The van der Waals surface area contributed by atoms with Gasteiger partial charge in [0, 0.05) is 24.2 Å². The van der Waals surface area contributed by atoms with Crippen LogP contribution in [0.4, 0.5) is 4.39 Å². The lowest BCUT2D eigenvalue weighted by atomic mass is 10.1. The van der Waals surface area contributed by atoms with Gasteiger partial charge < -0.3 is 10.1 Å². The highest BCUT2D eigenvalue weighted by atomic mass is 19.1. The molecule has 0 bridgehead atoms. The molecule has 1 aliphatic heterocycles. The van der Waals surface area contributed by atoms with Crippen molar-refractivity contribution in [2.45, 2.75) is 32.7 Å². The number of benzene rings is 1. The minimum Gasteiger partial charge on any atom is -0.492 e. The number of nitrogens with zero attached hydrogens (tertiary/aromatic N) is 1. The summed E-state index contributed by atoms with van der Waals surface area (Å²) in [6.07, 6.45) is 2.56. The average Bonchev–Trinajstić information content (AvgIpc) is 2.92. The molecule has 1 unspecified atom stereocenters. The van der Waals surface area contributed by atoms with Crippen LogP contribution in [0.5, 0.6) is 5.75 Å². The van der Waals surface area contributed by atoms with Crippen LogP contribution in [0.3, 0.4) is 0 Å². The SMILES string of the molecule is CCNC(C)c1ccc(F)cc1OCCN1CCCC1. The lowest BCUT2D eigenvalue weighted by Crippen LogP contribution is -2.25. The third-order valence-electron chi connectivity index (χ3n) is 3.82. The molecule has 1 aromatic carbocycles. The van der Waals surface area contributed by atoms with Crippen molar-refractivity contribution in [2.24, 2.45) is 0 Å². The van der Waals surface area contributed by atoms with Gasteiger partial charge in [-0.25, -0.2) is 4.39 Å². The molecule has 1 atom stereocenters. The summed E-state index contributed by atoms with van der Waals surface area (Å²) in [7, 11) is 0.